The summed E-state index contributed by atoms with van der Waals surface area (Å²) in [6, 6.07) is 12.5. The molecular formula is C20H22Cl2N2O2. The second-order valence-corrected chi connectivity index (χ2v) is 7.03. The molecule has 0 aromatic heterocycles. The zero-order valence-corrected chi connectivity index (χ0v) is 16.6. The maximum atomic E-state index is 12.8. The molecule has 0 saturated heterocycles. The Morgan fingerprint density at radius 1 is 1.12 bits per heavy atom. The predicted molar refractivity (Wildman–Crippen MR) is 106 cm³/mol. The van der Waals surface area contributed by atoms with Crippen molar-refractivity contribution in [1.82, 2.24) is 10.2 Å². The predicted octanol–water partition coefficient (Wildman–Crippen LogP) is 4.51. The van der Waals surface area contributed by atoms with Gasteiger partial charge >= 0.3 is 0 Å². The van der Waals surface area contributed by atoms with E-state index >= 15 is 0 Å². The van der Waals surface area contributed by atoms with E-state index in [0.29, 0.717) is 22.2 Å². The van der Waals surface area contributed by atoms with Crippen molar-refractivity contribution < 1.29 is 9.59 Å². The number of benzene rings is 2. The van der Waals surface area contributed by atoms with Gasteiger partial charge in [0.05, 0.1) is 6.04 Å². The van der Waals surface area contributed by atoms with Crippen LogP contribution in [0.4, 0.5) is 0 Å². The first-order chi connectivity index (χ1) is 12.3. The van der Waals surface area contributed by atoms with Crippen molar-refractivity contribution in [1.29, 1.82) is 0 Å². The zero-order chi connectivity index (χ0) is 19.3. The second kappa shape index (κ2) is 9.06. The van der Waals surface area contributed by atoms with Gasteiger partial charge in [0.2, 0.25) is 5.91 Å². The molecule has 0 unspecified atom stereocenters. The van der Waals surface area contributed by atoms with E-state index in [-0.39, 0.29) is 17.9 Å². The monoisotopic (exact) mass is 392 g/mol. The molecule has 138 valence electrons. The van der Waals surface area contributed by atoms with E-state index in [1.807, 2.05) is 25.1 Å². The lowest BCUT2D eigenvalue weighted by Crippen LogP contribution is -2.29. The molecule has 0 fully saturated rings. The molecule has 0 aliphatic carbocycles. The van der Waals surface area contributed by atoms with Crippen molar-refractivity contribution in [3.8, 4) is 0 Å². The summed E-state index contributed by atoms with van der Waals surface area (Å²) in [5, 5.41) is 3.86. The number of nitrogens with zero attached hydrogens (tertiary/aromatic N) is 1. The van der Waals surface area contributed by atoms with Crippen LogP contribution in [0, 0.1) is 0 Å². The van der Waals surface area contributed by atoms with Crippen molar-refractivity contribution in [2.45, 2.75) is 26.3 Å². The highest BCUT2D eigenvalue weighted by molar-refractivity contribution is 6.35. The van der Waals surface area contributed by atoms with E-state index < -0.39 is 0 Å². The SMILES string of the molecule is CC(=O)NCCc1ccc(C(=O)N(C)[C@@H](C)c2ccc(Cl)cc2Cl)cc1. The highest BCUT2D eigenvalue weighted by Crippen LogP contribution is 2.29. The van der Waals surface area contributed by atoms with Gasteiger partial charge < -0.3 is 10.2 Å². The Bertz CT molecular complexity index is 791. The van der Waals surface area contributed by atoms with E-state index in [2.05, 4.69) is 5.32 Å². The van der Waals surface area contributed by atoms with Crippen molar-refractivity contribution >= 4 is 35.0 Å². The van der Waals surface area contributed by atoms with Crippen LogP contribution in [0.2, 0.25) is 10.0 Å². The first-order valence-corrected chi connectivity index (χ1v) is 9.10. The number of rotatable bonds is 6. The molecule has 0 radical (unpaired) electrons. The molecule has 2 rings (SSSR count). The fourth-order valence-corrected chi connectivity index (χ4v) is 3.19. The third kappa shape index (κ3) is 5.23. The summed E-state index contributed by atoms with van der Waals surface area (Å²) in [6.45, 7) is 4.00. The van der Waals surface area contributed by atoms with Gasteiger partial charge in [0, 0.05) is 36.1 Å². The number of carbonyl (C=O) groups is 2. The summed E-state index contributed by atoms with van der Waals surface area (Å²) in [5.74, 6) is -0.134. The Morgan fingerprint density at radius 2 is 1.77 bits per heavy atom. The number of nitrogens with one attached hydrogen (secondary N) is 1. The first-order valence-electron chi connectivity index (χ1n) is 8.35. The molecule has 1 N–H and O–H groups in total. The molecule has 0 heterocycles. The van der Waals surface area contributed by atoms with Gasteiger partial charge in [-0.25, -0.2) is 0 Å². The molecule has 2 aromatic rings. The molecule has 6 heteroatoms. The summed E-state index contributed by atoms with van der Waals surface area (Å²) in [4.78, 5) is 25.3. The average Bonchev–Trinajstić information content (AvgIpc) is 2.60. The first kappa shape index (κ1) is 20.3. The Kier molecular flexibility index (Phi) is 7.06. The Labute approximate surface area is 164 Å². The van der Waals surface area contributed by atoms with Gasteiger partial charge in [-0.2, -0.15) is 0 Å². The van der Waals surface area contributed by atoms with Gasteiger partial charge in [-0.15, -0.1) is 0 Å². The van der Waals surface area contributed by atoms with Crippen LogP contribution >= 0.6 is 23.2 Å². The van der Waals surface area contributed by atoms with Crippen LogP contribution in [0.5, 0.6) is 0 Å². The molecule has 0 aliphatic rings. The largest absolute Gasteiger partial charge is 0.356 e. The van der Waals surface area contributed by atoms with Crippen LogP contribution in [0.25, 0.3) is 0 Å². The van der Waals surface area contributed by atoms with Crippen molar-refractivity contribution in [2.24, 2.45) is 0 Å². The molecular weight excluding hydrogens is 371 g/mol. The zero-order valence-electron chi connectivity index (χ0n) is 15.1. The minimum atomic E-state index is -0.188. The summed E-state index contributed by atoms with van der Waals surface area (Å²) in [7, 11) is 1.75. The molecule has 0 saturated carbocycles. The fourth-order valence-electron chi connectivity index (χ4n) is 2.63. The molecule has 4 nitrogen and oxygen atoms in total. The number of hydrogen-bond acceptors (Lipinski definition) is 2. The molecule has 1 atom stereocenters. The molecule has 0 spiro atoms. The van der Waals surface area contributed by atoms with Crippen LogP contribution < -0.4 is 5.32 Å². The maximum Gasteiger partial charge on any atom is 0.254 e. The third-order valence-corrected chi connectivity index (χ3v) is 4.86. The number of carbonyl (C=O) groups excluding carboxylic acids is 2. The van der Waals surface area contributed by atoms with E-state index in [4.69, 9.17) is 23.2 Å². The molecule has 26 heavy (non-hydrogen) atoms. The van der Waals surface area contributed by atoms with Crippen LogP contribution in [0.1, 0.15) is 41.4 Å². The van der Waals surface area contributed by atoms with Gasteiger partial charge in [-0.1, -0.05) is 41.4 Å². The van der Waals surface area contributed by atoms with Gasteiger partial charge in [0.25, 0.3) is 5.91 Å². The topological polar surface area (TPSA) is 49.4 Å². The second-order valence-electron chi connectivity index (χ2n) is 6.19. The van der Waals surface area contributed by atoms with Crippen molar-refractivity contribution in [3.63, 3.8) is 0 Å². The molecule has 2 amide bonds. The van der Waals surface area contributed by atoms with Crippen LogP contribution in [-0.4, -0.2) is 30.3 Å². The average molecular weight is 393 g/mol. The third-order valence-electron chi connectivity index (χ3n) is 4.30. The minimum Gasteiger partial charge on any atom is -0.356 e. The normalized spacial score (nSPS) is 11.7. The highest BCUT2D eigenvalue weighted by Gasteiger charge is 2.20. The fraction of sp³-hybridized carbons (Fsp3) is 0.300. The minimum absolute atomic E-state index is 0.0479. The standard InChI is InChI=1S/C20H22Cl2N2O2/c1-13(18-9-8-17(21)12-19(18)22)24(3)20(26)16-6-4-15(5-7-16)10-11-23-14(2)25/h4-9,12-13H,10-11H2,1-3H3,(H,23,25)/t13-/m0/s1. The van der Waals surface area contributed by atoms with Gasteiger partial charge in [-0.3, -0.25) is 9.59 Å². The summed E-state index contributed by atoms with van der Waals surface area (Å²) in [5.41, 5.74) is 2.51. The lowest BCUT2D eigenvalue weighted by atomic mass is 10.0. The molecule has 0 aliphatic heterocycles. The maximum absolute atomic E-state index is 12.8. The van der Waals surface area contributed by atoms with Crippen LogP contribution in [0.3, 0.4) is 0 Å². The smallest absolute Gasteiger partial charge is 0.254 e. The lowest BCUT2D eigenvalue weighted by molar-refractivity contribution is -0.118. The number of hydrogen-bond donors (Lipinski definition) is 1. The summed E-state index contributed by atoms with van der Waals surface area (Å²) >= 11 is 12.2. The number of halogens is 2. The lowest BCUT2D eigenvalue weighted by Gasteiger charge is -2.26. The van der Waals surface area contributed by atoms with Crippen molar-refractivity contribution in [3.05, 3.63) is 69.2 Å². The summed E-state index contributed by atoms with van der Waals surface area (Å²) in [6.07, 6.45) is 0.723. The van der Waals surface area contributed by atoms with Gasteiger partial charge in [-0.05, 0) is 48.7 Å². The summed E-state index contributed by atoms with van der Waals surface area (Å²) < 4.78 is 0. The van der Waals surface area contributed by atoms with E-state index in [1.165, 1.54) is 6.92 Å². The quantitative estimate of drug-likeness (QED) is 0.786. The van der Waals surface area contributed by atoms with E-state index in [0.717, 1.165) is 17.5 Å². The number of amides is 2. The van der Waals surface area contributed by atoms with Gasteiger partial charge in [0.15, 0.2) is 0 Å². The van der Waals surface area contributed by atoms with Gasteiger partial charge in [0.1, 0.15) is 0 Å². The van der Waals surface area contributed by atoms with Crippen LogP contribution in [0.15, 0.2) is 42.5 Å². The van der Waals surface area contributed by atoms with Crippen molar-refractivity contribution in [2.75, 3.05) is 13.6 Å². The van der Waals surface area contributed by atoms with E-state index in [1.54, 1.807) is 36.2 Å². The van der Waals surface area contributed by atoms with Crippen LogP contribution in [-0.2, 0) is 11.2 Å². The Hall–Kier alpha value is -2.04. The Balaban J connectivity index is 2.06. The molecule has 2 aromatic carbocycles. The van der Waals surface area contributed by atoms with E-state index in [9.17, 15) is 9.59 Å². The molecule has 0 bridgehead atoms. The highest BCUT2D eigenvalue weighted by atomic mass is 35.5. The Morgan fingerprint density at radius 3 is 2.35 bits per heavy atom.